The van der Waals surface area contributed by atoms with Crippen LogP contribution in [0.25, 0.3) is 0 Å². The summed E-state index contributed by atoms with van der Waals surface area (Å²) in [6, 6.07) is 16.4. The van der Waals surface area contributed by atoms with Gasteiger partial charge in [0.05, 0.1) is 23.6 Å². The van der Waals surface area contributed by atoms with Crippen molar-refractivity contribution in [3.05, 3.63) is 77.6 Å². The second-order valence-corrected chi connectivity index (χ2v) is 6.68. The lowest BCUT2D eigenvalue weighted by Crippen LogP contribution is -2.12. The Morgan fingerprint density at radius 3 is 2.48 bits per heavy atom. The zero-order valence-corrected chi connectivity index (χ0v) is 15.8. The van der Waals surface area contributed by atoms with Crippen molar-refractivity contribution in [2.75, 3.05) is 10.6 Å². The molecule has 2 N–H and O–H groups in total. The van der Waals surface area contributed by atoms with Gasteiger partial charge in [0.1, 0.15) is 5.75 Å². The number of hydrogen-bond donors (Lipinski definition) is 2. The van der Waals surface area contributed by atoms with Crippen molar-refractivity contribution >= 4 is 34.6 Å². The van der Waals surface area contributed by atoms with Crippen LogP contribution in [0.5, 0.6) is 5.75 Å². The summed E-state index contributed by atoms with van der Waals surface area (Å²) < 4.78 is 5.63. The molecule has 0 unspecified atom stereocenters. The van der Waals surface area contributed by atoms with Gasteiger partial charge in [-0.1, -0.05) is 17.7 Å². The summed E-state index contributed by atoms with van der Waals surface area (Å²) in [5.74, 6) is 0.553. The summed E-state index contributed by atoms with van der Waals surface area (Å²) in [5, 5.41) is 6.60. The normalized spacial score (nSPS) is 10.5. The fraction of sp³-hybridized carbons (Fsp3) is 0.143. The molecule has 0 aliphatic rings. The van der Waals surface area contributed by atoms with E-state index in [4.69, 9.17) is 16.3 Å². The Labute approximate surface area is 163 Å². The van der Waals surface area contributed by atoms with E-state index in [1.165, 1.54) is 6.20 Å². The van der Waals surface area contributed by atoms with Crippen molar-refractivity contribution < 1.29 is 9.53 Å². The number of pyridine rings is 1. The van der Waals surface area contributed by atoms with E-state index in [0.717, 1.165) is 11.4 Å². The van der Waals surface area contributed by atoms with Crippen LogP contribution in [-0.2, 0) is 0 Å². The van der Waals surface area contributed by atoms with Crippen LogP contribution < -0.4 is 15.4 Å². The minimum absolute atomic E-state index is 0.127. The molecule has 2 aromatic carbocycles. The van der Waals surface area contributed by atoms with Gasteiger partial charge in [-0.25, -0.2) is 0 Å². The van der Waals surface area contributed by atoms with E-state index in [0.29, 0.717) is 22.0 Å². The Bertz CT molecular complexity index is 927. The van der Waals surface area contributed by atoms with E-state index in [1.54, 1.807) is 36.5 Å². The first-order valence-electron chi connectivity index (χ1n) is 8.55. The number of hydrogen-bond acceptors (Lipinski definition) is 4. The van der Waals surface area contributed by atoms with Crippen LogP contribution in [0.15, 0.2) is 67.0 Å². The van der Waals surface area contributed by atoms with Crippen molar-refractivity contribution in [2.24, 2.45) is 0 Å². The Morgan fingerprint density at radius 1 is 1.00 bits per heavy atom. The number of halogens is 1. The number of nitrogens with zero attached hydrogens (tertiary/aromatic N) is 1. The highest BCUT2D eigenvalue weighted by molar-refractivity contribution is 6.31. The van der Waals surface area contributed by atoms with E-state index >= 15 is 0 Å². The standard InChI is InChI=1S/C21H20ClN3O2/c1-14(2)27-20-8-6-17(7-9-20)24-19-10-15(12-23-13-19)21(26)25-18-5-3-4-16(22)11-18/h3-14,24H,1-2H3,(H,25,26). The summed E-state index contributed by atoms with van der Waals surface area (Å²) in [6.07, 6.45) is 3.31. The van der Waals surface area contributed by atoms with E-state index < -0.39 is 0 Å². The third-order valence-corrected chi connectivity index (χ3v) is 3.83. The monoisotopic (exact) mass is 381 g/mol. The Kier molecular flexibility index (Phi) is 5.94. The molecule has 0 atom stereocenters. The lowest BCUT2D eigenvalue weighted by atomic mass is 10.2. The van der Waals surface area contributed by atoms with Gasteiger partial charge in [0.2, 0.25) is 0 Å². The second kappa shape index (κ2) is 8.56. The highest BCUT2D eigenvalue weighted by Crippen LogP contribution is 2.21. The predicted octanol–water partition coefficient (Wildman–Crippen LogP) is 5.52. The number of carbonyl (C=O) groups excluding carboxylic acids is 1. The Balaban J connectivity index is 1.68. The van der Waals surface area contributed by atoms with Crippen LogP contribution >= 0.6 is 11.6 Å². The summed E-state index contributed by atoms with van der Waals surface area (Å²) in [5.41, 5.74) is 2.66. The summed E-state index contributed by atoms with van der Waals surface area (Å²) in [7, 11) is 0. The van der Waals surface area contributed by atoms with Crippen molar-refractivity contribution in [3.8, 4) is 5.75 Å². The van der Waals surface area contributed by atoms with Gasteiger partial charge >= 0.3 is 0 Å². The molecule has 3 aromatic rings. The first kappa shape index (κ1) is 18.7. The van der Waals surface area contributed by atoms with Crippen LogP contribution in [0.4, 0.5) is 17.1 Å². The smallest absolute Gasteiger partial charge is 0.257 e. The van der Waals surface area contributed by atoms with Gasteiger partial charge in [0.25, 0.3) is 5.91 Å². The molecule has 6 heteroatoms. The highest BCUT2D eigenvalue weighted by Gasteiger charge is 2.08. The summed E-state index contributed by atoms with van der Waals surface area (Å²) >= 11 is 5.95. The minimum atomic E-state index is -0.255. The van der Waals surface area contributed by atoms with Crippen LogP contribution in [-0.4, -0.2) is 17.0 Å². The second-order valence-electron chi connectivity index (χ2n) is 6.24. The van der Waals surface area contributed by atoms with E-state index in [9.17, 15) is 4.79 Å². The molecule has 3 rings (SSSR count). The van der Waals surface area contributed by atoms with Crippen molar-refractivity contribution in [3.63, 3.8) is 0 Å². The number of aromatic nitrogens is 1. The quantitative estimate of drug-likeness (QED) is 0.590. The third kappa shape index (κ3) is 5.46. The zero-order valence-electron chi connectivity index (χ0n) is 15.1. The Hall–Kier alpha value is -3.05. The maximum absolute atomic E-state index is 12.4. The molecular formula is C21H20ClN3O2. The number of carbonyl (C=O) groups is 1. The van der Waals surface area contributed by atoms with Crippen molar-refractivity contribution in [1.82, 2.24) is 4.98 Å². The molecule has 0 saturated heterocycles. The van der Waals surface area contributed by atoms with Gasteiger partial charge in [-0.2, -0.15) is 0 Å². The number of nitrogens with one attached hydrogen (secondary N) is 2. The van der Waals surface area contributed by atoms with Crippen LogP contribution in [0.1, 0.15) is 24.2 Å². The number of amides is 1. The molecule has 0 saturated carbocycles. The molecule has 27 heavy (non-hydrogen) atoms. The van der Waals surface area contributed by atoms with Gasteiger partial charge < -0.3 is 15.4 Å². The average molecular weight is 382 g/mol. The molecule has 1 aromatic heterocycles. The first-order valence-corrected chi connectivity index (χ1v) is 8.93. The molecule has 0 spiro atoms. The summed E-state index contributed by atoms with van der Waals surface area (Å²) in [6.45, 7) is 3.97. The van der Waals surface area contributed by atoms with Gasteiger partial charge in [0.15, 0.2) is 0 Å². The lowest BCUT2D eigenvalue weighted by molar-refractivity contribution is 0.102. The summed E-state index contributed by atoms with van der Waals surface area (Å²) in [4.78, 5) is 16.6. The maximum atomic E-state index is 12.4. The number of benzene rings is 2. The van der Waals surface area contributed by atoms with Gasteiger partial charge in [-0.05, 0) is 62.4 Å². The molecule has 5 nitrogen and oxygen atoms in total. The highest BCUT2D eigenvalue weighted by atomic mass is 35.5. The van der Waals surface area contributed by atoms with Gasteiger partial charge in [-0.15, -0.1) is 0 Å². The molecular weight excluding hydrogens is 362 g/mol. The largest absolute Gasteiger partial charge is 0.491 e. The van der Waals surface area contributed by atoms with E-state index in [-0.39, 0.29) is 12.0 Å². The SMILES string of the molecule is CC(C)Oc1ccc(Nc2cncc(C(=O)Nc3cccc(Cl)c3)c2)cc1. The number of anilines is 3. The molecule has 1 amide bonds. The Morgan fingerprint density at radius 2 is 1.78 bits per heavy atom. The van der Waals surface area contributed by atoms with Crippen LogP contribution in [0.2, 0.25) is 5.02 Å². The fourth-order valence-electron chi connectivity index (χ4n) is 2.46. The van der Waals surface area contributed by atoms with Gasteiger partial charge in [0, 0.05) is 22.6 Å². The predicted molar refractivity (Wildman–Crippen MR) is 109 cm³/mol. The molecule has 0 fully saturated rings. The topological polar surface area (TPSA) is 63.2 Å². The average Bonchev–Trinajstić information content (AvgIpc) is 2.63. The minimum Gasteiger partial charge on any atom is -0.491 e. The zero-order chi connectivity index (χ0) is 19.2. The van der Waals surface area contributed by atoms with Crippen molar-refractivity contribution in [2.45, 2.75) is 20.0 Å². The van der Waals surface area contributed by atoms with E-state index in [1.807, 2.05) is 38.1 Å². The lowest BCUT2D eigenvalue weighted by Gasteiger charge is -2.11. The number of ether oxygens (including phenoxy) is 1. The maximum Gasteiger partial charge on any atom is 0.257 e. The molecule has 1 heterocycles. The van der Waals surface area contributed by atoms with Gasteiger partial charge in [-0.3, -0.25) is 9.78 Å². The third-order valence-electron chi connectivity index (χ3n) is 3.60. The number of rotatable bonds is 6. The molecule has 0 radical (unpaired) electrons. The van der Waals surface area contributed by atoms with Crippen LogP contribution in [0, 0.1) is 0 Å². The fourth-order valence-corrected chi connectivity index (χ4v) is 2.65. The van der Waals surface area contributed by atoms with Crippen molar-refractivity contribution in [1.29, 1.82) is 0 Å². The molecule has 0 aliphatic heterocycles. The molecule has 138 valence electrons. The molecule has 0 bridgehead atoms. The molecule has 0 aliphatic carbocycles. The van der Waals surface area contributed by atoms with E-state index in [2.05, 4.69) is 15.6 Å². The van der Waals surface area contributed by atoms with Crippen LogP contribution in [0.3, 0.4) is 0 Å². The first-order chi connectivity index (χ1) is 13.0.